The van der Waals surface area contributed by atoms with Crippen molar-refractivity contribution in [1.29, 1.82) is 0 Å². The summed E-state index contributed by atoms with van der Waals surface area (Å²) in [4.78, 5) is 19.7. The Morgan fingerprint density at radius 3 is 2.17 bits per heavy atom. The van der Waals surface area contributed by atoms with E-state index in [1.165, 1.54) is 19.1 Å². The van der Waals surface area contributed by atoms with E-state index in [2.05, 4.69) is 9.88 Å². The number of rotatable bonds is 3. The monoisotopic (exact) mass is 311 g/mol. The number of hydrogen-bond donors (Lipinski definition) is 0. The van der Waals surface area contributed by atoms with Crippen LogP contribution < -0.4 is 9.80 Å². The molecule has 2 radical (unpaired) electrons. The summed E-state index contributed by atoms with van der Waals surface area (Å²) in [5.41, 5.74) is 1.30. The molecule has 2 aromatic rings. The minimum atomic E-state index is -0.498. The van der Waals surface area contributed by atoms with E-state index in [0.717, 1.165) is 18.8 Å². The highest BCUT2D eigenvalue weighted by Gasteiger charge is 2.25. The molecule has 0 saturated carbocycles. The van der Waals surface area contributed by atoms with Crippen LogP contribution in [0.2, 0.25) is 0 Å². The van der Waals surface area contributed by atoms with Gasteiger partial charge in [-0.3, -0.25) is 20.0 Å². The highest BCUT2D eigenvalue weighted by molar-refractivity contribution is 6.01. The molecule has 0 N–H and O–H groups in total. The zero-order valence-electron chi connectivity index (χ0n) is 12.9. The van der Waals surface area contributed by atoms with Crippen LogP contribution >= 0.6 is 0 Å². The molecule has 0 unspecified atom stereocenters. The van der Waals surface area contributed by atoms with Gasteiger partial charge >= 0.3 is 0 Å². The molecule has 118 valence electrons. The van der Waals surface area contributed by atoms with Crippen molar-refractivity contribution in [1.82, 2.24) is 4.98 Å². The van der Waals surface area contributed by atoms with Gasteiger partial charge in [0.25, 0.3) is 0 Å². The quantitative estimate of drug-likeness (QED) is 0.817. The lowest BCUT2D eigenvalue weighted by Crippen LogP contribution is -2.46. The highest BCUT2D eigenvalue weighted by atomic mass is 16.3. The van der Waals surface area contributed by atoms with E-state index in [4.69, 9.17) is 0 Å². The minimum absolute atomic E-state index is 0.237. The van der Waals surface area contributed by atoms with Crippen molar-refractivity contribution < 1.29 is 15.0 Å². The second kappa shape index (κ2) is 6.16. The first-order chi connectivity index (χ1) is 11.1. The zero-order chi connectivity index (χ0) is 16.4. The maximum absolute atomic E-state index is 12.4. The van der Waals surface area contributed by atoms with Gasteiger partial charge in [0.15, 0.2) is 11.5 Å². The number of carbonyl (C=O) groups excluding carboxylic acids is 1. The topological polar surface area (TPSA) is 76.2 Å². The first-order valence-electron chi connectivity index (χ1n) is 7.50. The van der Waals surface area contributed by atoms with E-state index in [-0.39, 0.29) is 5.56 Å². The van der Waals surface area contributed by atoms with Gasteiger partial charge in [0, 0.05) is 44.3 Å². The number of benzene rings is 1. The average Bonchev–Trinajstić information content (AvgIpc) is 2.56. The molecule has 1 aromatic heterocycles. The normalized spacial score (nSPS) is 14.8. The largest absolute Gasteiger partial charge is 0.368 e. The Balaban J connectivity index is 1.78. The van der Waals surface area contributed by atoms with Crippen LogP contribution in [0, 0.1) is 0 Å². The Labute approximate surface area is 134 Å². The van der Waals surface area contributed by atoms with Crippen LogP contribution in [0.25, 0.3) is 0 Å². The van der Waals surface area contributed by atoms with Crippen LogP contribution in [0.15, 0.2) is 36.7 Å². The van der Waals surface area contributed by atoms with Crippen molar-refractivity contribution in [2.45, 2.75) is 6.92 Å². The molecule has 0 aliphatic carbocycles. The Morgan fingerprint density at radius 1 is 0.957 bits per heavy atom. The molecule has 1 fully saturated rings. The number of ketones is 1. The first kappa shape index (κ1) is 15.1. The summed E-state index contributed by atoms with van der Waals surface area (Å²) in [7, 11) is 0. The summed E-state index contributed by atoms with van der Waals surface area (Å²) in [6.45, 7) is 4.10. The molecule has 0 bridgehead atoms. The molecular weight excluding hydrogens is 294 g/mol. The molecule has 3 rings (SSSR count). The smallest absolute Gasteiger partial charge is 0.216 e. The number of piperazine rings is 1. The molecule has 0 spiro atoms. The molecular formula is C17H17N3O3. The average molecular weight is 311 g/mol. The molecule has 6 heteroatoms. The van der Waals surface area contributed by atoms with E-state index >= 15 is 0 Å². The molecule has 1 saturated heterocycles. The fourth-order valence-corrected chi connectivity index (χ4v) is 2.90. The number of hydrogen-bond acceptors (Lipinski definition) is 4. The van der Waals surface area contributed by atoms with Crippen LogP contribution in [0.5, 0.6) is 11.5 Å². The van der Waals surface area contributed by atoms with Gasteiger partial charge in [-0.05, 0) is 31.2 Å². The van der Waals surface area contributed by atoms with Gasteiger partial charge in [0.1, 0.15) is 5.56 Å². The maximum Gasteiger partial charge on any atom is 0.216 e. The third kappa shape index (κ3) is 2.92. The van der Waals surface area contributed by atoms with E-state index in [1.807, 2.05) is 17.0 Å². The lowest BCUT2D eigenvalue weighted by molar-refractivity contribution is 0.100. The number of Topliss-reactive ketones (excluding diaryl/α,β-unsaturated/α-hetero) is 1. The van der Waals surface area contributed by atoms with Gasteiger partial charge in [-0.2, -0.15) is 0 Å². The fraction of sp³-hybridized carbons (Fsp3) is 0.294. The zero-order valence-corrected chi connectivity index (χ0v) is 12.9. The second-order valence-electron chi connectivity index (χ2n) is 5.52. The SMILES string of the molecule is CC(=O)c1c([O])ccc(N2CCN(c3ccncc3)CC2)c1[O]. The fourth-order valence-electron chi connectivity index (χ4n) is 2.90. The molecule has 1 aliphatic heterocycles. The van der Waals surface area contributed by atoms with Crippen LogP contribution in [0.3, 0.4) is 0 Å². The van der Waals surface area contributed by atoms with Crippen molar-refractivity contribution in [3.8, 4) is 11.5 Å². The van der Waals surface area contributed by atoms with E-state index in [9.17, 15) is 15.0 Å². The van der Waals surface area contributed by atoms with Crippen molar-refractivity contribution in [3.05, 3.63) is 42.2 Å². The van der Waals surface area contributed by atoms with Crippen molar-refractivity contribution >= 4 is 17.2 Å². The van der Waals surface area contributed by atoms with Crippen molar-refractivity contribution in [2.75, 3.05) is 36.0 Å². The summed E-state index contributed by atoms with van der Waals surface area (Å²) in [6.07, 6.45) is 3.51. The first-order valence-corrected chi connectivity index (χ1v) is 7.50. The molecule has 23 heavy (non-hydrogen) atoms. The summed E-state index contributed by atoms with van der Waals surface area (Å²) < 4.78 is 0. The molecule has 1 aliphatic rings. The van der Waals surface area contributed by atoms with Crippen LogP contribution in [0.1, 0.15) is 17.3 Å². The predicted molar refractivity (Wildman–Crippen MR) is 85.4 cm³/mol. The van der Waals surface area contributed by atoms with Crippen LogP contribution in [0.4, 0.5) is 11.4 Å². The van der Waals surface area contributed by atoms with Crippen molar-refractivity contribution in [3.63, 3.8) is 0 Å². The lowest BCUT2D eigenvalue weighted by atomic mass is 10.1. The Kier molecular flexibility index (Phi) is 4.06. The van der Waals surface area contributed by atoms with E-state index in [0.29, 0.717) is 18.8 Å². The summed E-state index contributed by atoms with van der Waals surface area (Å²) in [6, 6.07) is 6.74. The number of anilines is 2. The van der Waals surface area contributed by atoms with Gasteiger partial charge in [0.05, 0.1) is 5.69 Å². The standard InChI is InChI=1S/C17H17N3O3/c1-12(21)16-15(22)3-2-14(17(16)23)20-10-8-19(9-11-20)13-4-6-18-7-5-13/h2-7H,8-11H2,1H3. The molecule has 6 nitrogen and oxygen atoms in total. The van der Waals surface area contributed by atoms with Gasteiger partial charge in [-0.25, -0.2) is 0 Å². The lowest BCUT2D eigenvalue weighted by Gasteiger charge is -2.37. The van der Waals surface area contributed by atoms with Crippen molar-refractivity contribution in [2.24, 2.45) is 0 Å². The Bertz CT molecular complexity index is 711. The summed E-state index contributed by atoms with van der Waals surface area (Å²) >= 11 is 0. The number of nitrogens with zero attached hydrogens (tertiary/aromatic N) is 3. The second-order valence-corrected chi connectivity index (χ2v) is 5.52. The Hall–Kier alpha value is -2.76. The number of pyridine rings is 1. The van der Waals surface area contributed by atoms with Gasteiger partial charge in [-0.15, -0.1) is 0 Å². The van der Waals surface area contributed by atoms with Gasteiger partial charge < -0.3 is 9.80 Å². The Morgan fingerprint density at radius 2 is 1.57 bits per heavy atom. The molecule has 0 amide bonds. The highest BCUT2D eigenvalue weighted by Crippen LogP contribution is 2.38. The van der Waals surface area contributed by atoms with Gasteiger partial charge in [0.2, 0.25) is 5.75 Å². The van der Waals surface area contributed by atoms with Crippen LogP contribution in [-0.4, -0.2) is 36.9 Å². The molecule has 1 aromatic carbocycles. The van der Waals surface area contributed by atoms with E-state index in [1.54, 1.807) is 12.4 Å². The third-order valence-corrected chi connectivity index (χ3v) is 4.10. The van der Waals surface area contributed by atoms with Crippen LogP contribution in [-0.2, 0) is 10.2 Å². The van der Waals surface area contributed by atoms with E-state index < -0.39 is 17.3 Å². The number of carbonyl (C=O) groups is 1. The predicted octanol–water partition coefficient (Wildman–Crippen LogP) is 2.90. The third-order valence-electron chi connectivity index (χ3n) is 4.10. The minimum Gasteiger partial charge on any atom is -0.368 e. The maximum atomic E-state index is 12.4. The molecule has 2 heterocycles. The van der Waals surface area contributed by atoms with Gasteiger partial charge in [-0.1, -0.05) is 0 Å². The summed E-state index contributed by atoms with van der Waals surface area (Å²) in [5, 5.41) is 24.1. The number of aromatic nitrogens is 1. The molecule has 0 atom stereocenters. The summed E-state index contributed by atoms with van der Waals surface area (Å²) in [5.74, 6) is -1.43.